The normalized spacial score (nSPS) is 15.5. The fourth-order valence-electron chi connectivity index (χ4n) is 3.71. The number of aromatic nitrogens is 3. The average molecular weight is 482 g/mol. The van der Waals surface area contributed by atoms with Gasteiger partial charge in [0.2, 0.25) is 0 Å². The van der Waals surface area contributed by atoms with E-state index in [-0.39, 0.29) is 24.0 Å². The van der Waals surface area contributed by atoms with Crippen molar-refractivity contribution in [2.75, 3.05) is 26.2 Å². The van der Waals surface area contributed by atoms with Crippen molar-refractivity contribution in [3.63, 3.8) is 0 Å². The van der Waals surface area contributed by atoms with E-state index in [0.29, 0.717) is 5.92 Å². The molecule has 7 heteroatoms. The van der Waals surface area contributed by atoms with Crippen molar-refractivity contribution in [2.45, 2.75) is 46.0 Å². The van der Waals surface area contributed by atoms with Crippen LogP contribution in [0, 0.1) is 13.8 Å². The second-order valence-electron chi connectivity index (χ2n) is 7.11. The van der Waals surface area contributed by atoms with E-state index in [1.807, 2.05) is 0 Å². The number of aryl methyl sites for hydroxylation is 2. The van der Waals surface area contributed by atoms with Crippen molar-refractivity contribution < 1.29 is 0 Å². The first kappa shape index (κ1) is 21.7. The lowest BCUT2D eigenvalue weighted by Crippen LogP contribution is -2.45. The first-order chi connectivity index (χ1) is 12.7. The Kier molecular flexibility index (Phi) is 8.53. The highest BCUT2D eigenvalue weighted by atomic mass is 127. The predicted octanol–water partition coefficient (Wildman–Crippen LogP) is 3.43. The first-order valence-corrected chi connectivity index (χ1v) is 9.61. The number of aromatic amines is 1. The first-order valence-electron chi connectivity index (χ1n) is 9.61. The predicted molar refractivity (Wildman–Crippen MR) is 121 cm³/mol. The molecule has 0 amide bonds. The highest BCUT2D eigenvalue weighted by Crippen LogP contribution is 2.24. The number of rotatable bonds is 5. The molecule has 27 heavy (non-hydrogen) atoms. The maximum Gasteiger partial charge on any atom is 0.193 e. The van der Waals surface area contributed by atoms with Crippen molar-refractivity contribution in [3.05, 3.63) is 47.0 Å². The van der Waals surface area contributed by atoms with Crippen molar-refractivity contribution in [2.24, 2.45) is 4.99 Å². The Bertz CT molecular complexity index is 700. The number of halogens is 1. The summed E-state index contributed by atoms with van der Waals surface area (Å²) in [5, 5.41) is 10.4. The van der Waals surface area contributed by atoms with Gasteiger partial charge >= 0.3 is 0 Å². The molecule has 0 radical (unpaired) electrons. The lowest BCUT2D eigenvalue weighted by Gasteiger charge is -2.33. The molecule has 1 aromatic carbocycles. The number of piperidine rings is 1. The number of nitrogens with zero attached hydrogens (tertiary/aromatic N) is 4. The van der Waals surface area contributed by atoms with Gasteiger partial charge in [-0.25, -0.2) is 4.98 Å². The molecule has 0 aliphatic carbocycles. The van der Waals surface area contributed by atoms with Gasteiger partial charge in [0.25, 0.3) is 0 Å². The molecule has 3 rings (SSSR count). The van der Waals surface area contributed by atoms with Gasteiger partial charge < -0.3 is 10.2 Å². The number of benzene rings is 1. The highest BCUT2D eigenvalue weighted by Gasteiger charge is 2.24. The van der Waals surface area contributed by atoms with Crippen molar-refractivity contribution in [1.82, 2.24) is 25.4 Å². The maximum atomic E-state index is 4.88. The van der Waals surface area contributed by atoms with Gasteiger partial charge in [0.05, 0.1) is 0 Å². The third-order valence-electron chi connectivity index (χ3n) is 4.89. The van der Waals surface area contributed by atoms with Gasteiger partial charge in [0.1, 0.15) is 12.2 Å². The molecule has 1 aliphatic heterocycles. The van der Waals surface area contributed by atoms with Gasteiger partial charge in [-0.1, -0.05) is 29.3 Å². The summed E-state index contributed by atoms with van der Waals surface area (Å²) < 4.78 is 0. The number of H-pyrrole nitrogens is 1. The minimum absolute atomic E-state index is 0. The molecular weight excluding hydrogens is 451 g/mol. The molecule has 0 spiro atoms. The second-order valence-corrected chi connectivity index (χ2v) is 7.11. The molecule has 1 saturated heterocycles. The van der Waals surface area contributed by atoms with E-state index in [1.165, 1.54) is 16.7 Å². The molecule has 0 unspecified atom stereocenters. The molecule has 0 saturated carbocycles. The Balaban J connectivity index is 0.00000261. The van der Waals surface area contributed by atoms with Gasteiger partial charge in [-0.3, -0.25) is 10.1 Å². The van der Waals surface area contributed by atoms with Gasteiger partial charge in [-0.15, -0.1) is 24.0 Å². The van der Waals surface area contributed by atoms with E-state index in [2.05, 4.69) is 64.4 Å². The minimum Gasteiger partial charge on any atom is -0.357 e. The van der Waals surface area contributed by atoms with Gasteiger partial charge in [-0.2, -0.15) is 5.10 Å². The van der Waals surface area contributed by atoms with Crippen LogP contribution in [0.5, 0.6) is 0 Å². The Morgan fingerprint density at radius 3 is 2.52 bits per heavy atom. The molecular formula is C20H31IN6. The molecule has 1 aromatic heterocycles. The van der Waals surface area contributed by atoms with E-state index < -0.39 is 0 Å². The fourth-order valence-corrected chi connectivity index (χ4v) is 3.71. The van der Waals surface area contributed by atoms with E-state index in [4.69, 9.17) is 4.99 Å². The Labute approximate surface area is 179 Å². The standard InChI is InChI=1S/C20H30N6.HI/c1-4-21-20(22-8-5-17-12-15(2)11-16(3)13-17)26-9-6-18(7-10-26)19-23-14-24-25-19;/h11-14,18H,4-10H2,1-3H3,(H,21,22)(H,23,24,25);1H. The maximum absolute atomic E-state index is 4.88. The summed E-state index contributed by atoms with van der Waals surface area (Å²) in [5.41, 5.74) is 4.02. The summed E-state index contributed by atoms with van der Waals surface area (Å²) in [7, 11) is 0. The van der Waals surface area contributed by atoms with Gasteiger partial charge in [0, 0.05) is 32.1 Å². The molecule has 2 N–H and O–H groups in total. The topological polar surface area (TPSA) is 69.2 Å². The van der Waals surface area contributed by atoms with E-state index in [1.54, 1.807) is 6.33 Å². The summed E-state index contributed by atoms with van der Waals surface area (Å²) >= 11 is 0. The lowest BCUT2D eigenvalue weighted by atomic mass is 9.96. The van der Waals surface area contributed by atoms with Crippen LogP contribution in [0.25, 0.3) is 0 Å². The van der Waals surface area contributed by atoms with E-state index in [0.717, 1.165) is 57.2 Å². The van der Waals surface area contributed by atoms with Crippen molar-refractivity contribution in [3.8, 4) is 0 Å². The SMILES string of the molecule is CCNC(=NCCc1cc(C)cc(C)c1)N1CCC(c2ncn[nH]2)CC1.I. The second kappa shape index (κ2) is 10.6. The number of guanidine groups is 1. The number of likely N-dealkylation sites (tertiary alicyclic amines) is 1. The van der Waals surface area contributed by atoms with Crippen molar-refractivity contribution >= 4 is 29.9 Å². The fraction of sp³-hybridized carbons (Fsp3) is 0.550. The van der Waals surface area contributed by atoms with E-state index >= 15 is 0 Å². The van der Waals surface area contributed by atoms with E-state index in [9.17, 15) is 0 Å². The molecule has 6 nitrogen and oxygen atoms in total. The zero-order chi connectivity index (χ0) is 18.4. The van der Waals surface area contributed by atoms with Gasteiger partial charge in [0.15, 0.2) is 5.96 Å². The summed E-state index contributed by atoms with van der Waals surface area (Å²) in [6.07, 6.45) is 4.74. The van der Waals surface area contributed by atoms with Crippen LogP contribution in [0.3, 0.4) is 0 Å². The minimum atomic E-state index is 0. The summed E-state index contributed by atoms with van der Waals surface area (Å²) in [6.45, 7) is 10.1. The summed E-state index contributed by atoms with van der Waals surface area (Å²) in [4.78, 5) is 11.6. The van der Waals surface area contributed by atoms with Crippen LogP contribution in [0.15, 0.2) is 29.5 Å². The summed E-state index contributed by atoms with van der Waals surface area (Å²) in [5.74, 6) is 2.53. The van der Waals surface area contributed by atoms with Crippen LogP contribution in [0.4, 0.5) is 0 Å². The number of hydrogen-bond acceptors (Lipinski definition) is 3. The average Bonchev–Trinajstić information content (AvgIpc) is 3.15. The number of nitrogens with one attached hydrogen (secondary N) is 2. The van der Waals surface area contributed by atoms with Crippen LogP contribution in [0.2, 0.25) is 0 Å². The molecule has 1 aliphatic rings. The Morgan fingerprint density at radius 1 is 1.22 bits per heavy atom. The van der Waals surface area contributed by atoms with Crippen LogP contribution < -0.4 is 5.32 Å². The molecule has 2 heterocycles. The third-order valence-corrected chi connectivity index (χ3v) is 4.89. The van der Waals surface area contributed by atoms with Crippen LogP contribution in [-0.4, -0.2) is 52.2 Å². The van der Waals surface area contributed by atoms with Crippen LogP contribution in [-0.2, 0) is 6.42 Å². The Morgan fingerprint density at radius 2 is 1.93 bits per heavy atom. The number of hydrogen-bond donors (Lipinski definition) is 2. The molecule has 0 bridgehead atoms. The summed E-state index contributed by atoms with van der Waals surface area (Å²) in [6, 6.07) is 6.74. The number of aliphatic imine (C=N–C) groups is 1. The largest absolute Gasteiger partial charge is 0.357 e. The Hall–Kier alpha value is -1.64. The van der Waals surface area contributed by atoms with Crippen LogP contribution in [0.1, 0.15) is 48.2 Å². The van der Waals surface area contributed by atoms with Crippen LogP contribution >= 0.6 is 24.0 Å². The highest BCUT2D eigenvalue weighted by molar-refractivity contribution is 14.0. The lowest BCUT2D eigenvalue weighted by molar-refractivity contribution is 0.299. The quantitative estimate of drug-likeness (QED) is 0.389. The molecule has 2 aromatic rings. The van der Waals surface area contributed by atoms with Crippen molar-refractivity contribution in [1.29, 1.82) is 0 Å². The third kappa shape index (κ3) is 6.19. The zero-order valence-corrected chi connectivity index (χ0v) is 18.9. The zero-order valence-electron chi connectivity index (χ0n) is 16.5. The molecule has 0 atom stereocenters. The molecule has 1 fully saturated rings. The van der Waals surface area contributed by atoms with Gasteiger partial charge in [-0.05, 0) is 45.6 Å². The monoisotopic (exact) mass is 482 g/mol. The molecule has 148 valence electrons. The smallest absolute Gasteiger partial charge is 0.193 e.